The first kappa shape index (κ1) is 38.4. The average Bonchev–Trinajstić information content (AvgIpc) is 3.11. The number of azide groups is 1. The van der Waals surface area contributed by atoms with E-state index in [0.717, 1.165) is 25.2 Å². The van der Waals surface area contributed by atoms with Crippen LogP contribution in [0.3, 0.4) is 0 Å². The summed E-state index contributed by atoms with van der Waals surface area (Å²) < 4.78 is 52.6. The second kappa shape index (κ2) is 19.1. The number of hydrogen-bond donors (Lipinski definition) is 1. The molecule has 2 heterocycles. The second-order valence-corrected chi connectivity index (χ2v) is 11.3. The van der Waals surface area contributed by atoms with Crippen LogP contribution in [0.2, 0.25) is 0 Å². The number of hydrogen-bond acceptors (Lipinski definition) is 14. The van der Waals surface area contributed by atoms with Crippen LogP contribution in [0.1, 0.15) is 25.0 Å². The summed E-state index contributed by atoms with van der Waals surface area (Å²) in [6.07, 6.45) is -11.2. The number of ether oxygens (including phenoxy) is 9. The fourth-order valence-corrected chi connectivity index (χ4v) is 5.50. The first-order chi connectivity index (χ1) is 24.2. The molecular formula is C34H41N3O13. The van der Waals surface area contributed by atoms with E-state index in [9.17, 15) is 25.0 Å². The number of nitrogens with zero attached hydrogens (tertiary/aromatic N) is 3. The van der Waals surface area contributed by atoms with E-state index in [1.54, 1.807) is 24.3 Å². The van der Waals surface area contributed by atoms with Crippen LogP contribution in [0.4, 0.5) is 0 Å². The molecule has 0 saturated carbocycles. The number of aliphatic hydroxyl groups excluding tert-OH is 1. The van der Waals surface area contributed by atoms with Gasteiger partial charge in [-0.05, 0) is 16.7 Å². The third kappa shape index (κ3) is 10.3. The second-order valence-electron chi connectivity index (χ2n) is 11.3. The third-order valence-electron chi connectivity index (χ3n) is 7.75. The van der Waals surface area contributed by atoms with Gasteiger partial charge in [0.25, 0.3) is 0 Å². The van der Waals surface area contributed by atoms with Gasteiger partial charge in [0.05, 0.1) is 26.9 Å². The Bertz CT molecular complexity index is 1460. The zero-order valence-electron chi connectivity index (χ0n) is 27.8. The highest BCUT2D eigenvalue weighted by atomic mass is 16.8. The molecule has 2 saturated heterocycles. The van der Waals surface area contributed by atoms with Gasteiger partial charge in [0.2, 0.25) is 0 Å². The normalized spacial score (nSPS) is 29.2. The SMILES string of the molecule is C=CCO[C@H]1O[C@H](COC(C)=O)[C@@H](O[C@@H]2O[C@@H](C(=O)OC)[C@@H](O)[C@H](OCc3ccccc3)[C@H]2OC(C)=O)[C@H](OCc2ccccc2)[C@H]1N=[N+]=[N-]. The van der Waals surface area contributed by atoms with Crippen LogP contribution >= 0.6 is 0 Å². The molecule has 0 spiro atoms. The van der Waals surface area contributed by atoms with Crippen molar-refractivity contribution in [1.29, 1.82) is 0 Å². The lowest BCUT2D eigenvalue weighted by molar-refractivity contribution is -0.349. The van der Waals surface area contributed by atoms with E-state index in [4.69, 9.17) is 42.6 Å². The molecule has 2 aliphatic heterocycles. The molecule has 4 rings (SSSR count). The van der Waals surface area contributed by atoms with E-state index in [-0.39, 0.29) is 26.4 Å². The van der Waals surface area contributed by atoms with Crippen molar-refractivity contribution in [3.63, 3.8) is 0 Å². The van der Waals surface area contributed by atoms with E-state index < -0.39 is 79.3 Å². The number of carbonyl (C=O) groups excluding carboxylic acids is 3. The highest BCUT2D eigenvalue weighted by Gasteiger charge is 2.55. The highest BCUT2D eigenvalue weighted by molar-refractivity contribution is 5.75. The summed E-state index contributed by atoms with van der Waals surface area (Å²) in [6.45, 7) is 5.56. The van der Waals surface area contributed by atoms with E-state index in [1.165, 1.54) is 13.0 Å². The minimum absolute atomic E-state index is 0.00127. The van der Waals surface area contributed by atoms with Crippen LogP contribution in [-0.4, -0.2) is 105 Å². The molecule has 0 bridgehead atoms. The monoisotopic (exact) mass is 699 g/mol. The van der Waals surface area contributed by atoms with E-state index in [0.29, 0.717) is 0 Å². The van der Waals surface area contributed by atoms with Crippen LogP contribution in [0.5, 0.6) is 0 Å². The number of aliphatic hydroxyl groups is 1. The standard InChI is InChI=1S/C34H41N3O13/c1-5-16-43-33-25(36-37-35)28(45-17-22-12-8-6-9-13-22)27(24(48-33)19-44-20(2)38)49-34-31(47-21(3)39)29(26(40)30(50-34)32(41)42-4)46-18-23-14-10-7-11-15-23/h5-15,24-31,33-34,40H,1,16-19H2,2-4H3/t24-,25-,26+,27-,28-,29+,30-,31-,33+,34-/m1/s1. The van der Waals surface area contributed by atoms with Gasteiger partial charge in [-0.3, -0.25) is 9.59 Å². The number of carbonyl (C=O) groups is 3. The van der Waals surface area contributed by atoms with Gasteiger partial charge in [0.1, 0.15) is 43.2 Å². The van der Waals surface area contributed by atoms with Crippen molar-refractivity contribution in [1.82, 2.24) is 0 Å². The molecule has 0 amide bonds. The topological polar surface area (TPSA) is 203 Å². The van der Waals surface area contributed by atoms with Crippen LogP contribution in [0.15, 0.2) is 78.4 Å². The predicted octanol–water partition coefficient (Wildman–Crippen LogP) is 2.90. The summed E-state index contributed by atoms with van der Waals surface area (Å²) in [7, 11) is 1.11. The first-order valence-electron chi connectivity index (χ1n) is 15.8. The fraction of sp³-hybridized carbons (Fsp3) is 0.500. The van der Waals surface area contributed by atoms with Gasteiger partial charge in [-0.15, -0.1) is 6.58 Å². The Balaban J connectivity index is 1.76. The van der Waals surface area contributed by atoms with Gasteiger partial charge in [0.15, 0.2) is 24.8 Å². The van der Waals surface area contributed by atoms with Crippen LogP contribution in [-0.2, 0) is 70.2 Å². The lowest BCUT2D eigenvalue weighted by atomic mass is 9.95. The van der Waals surface area contributed by atoms with Crippen molar-refractivity contribution in [3.8, 4) is 0 Å². The molecule has 0 radical (unpaired) electrons. The maximum Gasteiger partial charge on any atom is 0.337 e. The van der Waals surface area contributed by atoms with E-state index >= 15 is 0 Å². The van der Waals surface area contributed by atoms with Gasteiger partial charge >= 0.3 is 17.9 Å². The average molecular weight is 700 g/mol. The molecule has 2 fully saturated rings. The maximum absolute atomic E-state index is 12.9. The molecule has 2 aliphatic rings. The number of rotatable bonds is 16. The summed E-state index contributed by atoms with van der Waals surface area (Å²) in [5.41, 5.74) is 11.1. The molecule has 1 N–H and O–H groups in total. The Morgan fingerprint density at radius 3 is 2.04 bits per heavy atom. The van der Waals surface area contributed by atoms with Crippen molar-refractivity contribution in [3.05, 3.63) is 94.9 Å². The molecule has 16 nitrogen and oxygen atoms in total. The van der Waals surface area contributed by atoms with E-state index in [1.807, 2.05) is 36.4 Å². The Labute approximate surface area is 288 Å². The van der Waals surface area contributed by atoms with Crippen molar-refractivity contribution >= 4 is 17.9 Å². The van der Waals surface area contributed by atoms with Crippen molar-refractivity contribution in [2.24, 2.45) is 5.11 Å². The molecule has 0 aliphatic carbocycles. The zero-order chi connectivity index (χ0) is 36.0. The predicted molar refractivity (Wildman–Crippen MR) is 172 cm³/mol. The molecule has 0 unspecified atom stereocenters. The fourth-order valence-electron chi connectivity index (χ4n) is 5.50. The van der Waals surface area contributed by atoms with Gasteiger partial charge in [-0.1, -0.05) is 71.9 Å². The molecule has 2 aromatic carbocycles. The van der Waals surface area contributed by atoms with Crippen molar-refractivity contribution in [2.45, 2.75) is 88.4 Å². The van der Waals surface area contributed by atoms with Crippen LogP contribution in [0, 0.1) is 0 Å². The summed E-state index contributed by atoms with van der Waals surface area (Å²) in [6, 6.07) is 16.9. The lowest BCUT2D eigenvalue weighted by Gasteiger charge is -2.48. The number of methoxy groups -OCH3 is 1. The molecule has 270 valence electrons. The van der Waals surface area contributed by atoms with Crippen molar-refractivity contribution in [2.75, 3.05) is 20.3 Å². The summed E-state index contributed by atoms with van der Waals surface area (Å²) in [4.78, 5) is 40.3. The summed E-state index contributed by atoms with van der Waals surface area (Å²) in [5.74, 6) is -2.37. The molecule has 0 aromatic heterocycles. The van der Waals surface area contributed by atoms with Gasteiger partial charge in [-0.25, -0.2) is 4.79 Å². The van der Waals surface area contributed by atoms with Crippen LogP contribution < -0.4 is 0 Å². The molecule has 2 aromatic rings. The maximum atomic E-state index is 12.9. The quantitative estimate of drug-likeness (QED) is 0.0670. The Kier molecular flexibility index (Phi) is 14.7. The molecule has 16 heteroatoms. The van der Waals surface area contributed by atoms with Gasteiger partial charge in [0, 0.05) is 18.8 Å². The summed E-state index contributed by atoms with van der Waals surface area (Å²) in [5, 5.41) is 15.2. The highest BCUT2D eigenvalue weighted by Crippen LogP contribution is 2.35. The molecular weight excluding hydrogens is 658 g/mol. The minimum atomic E-state index is -1.67. The number of benzene rings is 2. The van der Waals surface area contributed by atoms with Crippen molar-refractivity contribution < 1.29 is 62.1 Å². The largest absolute Gasteiger partial charge is 0.467 e. The smallest absolute Gasteiger partial charge is 0.337 e. The zero-order valence-corrected chi connectivity index (χ0v) is 27.8. The Morgan fingerprint density at radius 2 is 1.50 bits per heavy atom. The summed E-state index contributed by atoms with van der Waals surface area (Å²) >= 11 is 0. The number of esters is 3. The Morgan fingerprint density at radius 1 is 0.880 bits per heavy atom. The van der Waals surface area contributed by atoms with Crippen LogP contribution in [0.25, 0.3) is 10.4 Å². The van der Waals surface area contributed by atoms with E-state index in [2.05, 4.69) is 16.6 Å². The van der Waals surface area contributed by atoms with Gasteiger partial charge in [-0.2, -0.15) is 0 Å². The first-order valence-corrected chi connectivity index (χ1v) is 15.8. The Hall–Kier alpha value is -4.38. The molecule has 10 atom stereocenters. The minimum Gasteiger partial charge on any atom is -0.467 e. The lowest BCUT2D eigenvalue weighted by Crippen LogP contribution is -2.66. The third-order valence-corrected chi connectivity index (χ3v) is 7.75. The molecule has 50 heavy (non-hydrogen) atoms. The van der Waals surface area contributed by atoms with Gasteiger partial charge < -0.3 is 47.7 Å².